The number of nitrogens with two attached hydrogens (primary N) is 1. The summed E-state index contributed by atoms with van der Waals surface area (Å²) in [5.74, 6) is -1.00. The van der Waals surface area contributed by atoms with Gasteiger partial charge in [-0.15, -0.1) is 0 Å². The minimum atomic E-state index is -1.00. The molecule has 1 aliphatic heterocycles. The highest BCUT2D eigenvalue weighted by Gasteiger charge is 2.28. The molecule has 3 N–H and O–H groups in total. The van der Waals surface area contributed by atoms with Crippen molar-refractivity contribution in [2.75, 3.05) is 19.7 Å². The second-order valence-corrected chi connectivity index (χ2v) is 5.67. The zero-order valence-corrected chi connectivity index (χ0v) is 12.7. The Labute approximate surface area is 129 Å². The third kappa shape index (κ3) is 3.98. The number of carbonyl (C=O) groups is 2. The molecular formula is C16H22N2O4. The minimum absolute atomic E-state index is 0.109. The highest BCUT2D eigenvalue weighted by molar-refractivity contribution is 5.90. The molecule has 1 amide bonds. The van der Waals surface area contributed by atoms with Gasteiger partial charge in [0.1, 0.15) is 17.9 Å². The lowest BCUT2D eigenvalue weighted by atomic mass is 9.93. The van der Waals surface area contributed by atoms with Crippen molar-refractivity contribution in [3.63, 3.8) is 0 Å². The van der Waals surface area contributed by atoms with E-state index in [0.717, 1.165) is 12.8 Å². The van der Waals surface area contributed by atoms with E-state index in [1.54, 1.807) is 18.2 Å². The molecule has 0 unspecified atom stereocenters. The van der Waals surface area contributed by atoms with Crippen molar-refractivity contribution < 1.29 is 19.4 Å². The lowest BCUT2D eigenvalue weighted by Crippen LogP contribution is -2.47. The van der Waals surface area contributed by atoms with Crippen molar-refractivity contribution in [2.24, 2.45) is 11.7 Å². The lowest BCUT2D eigenvalue weighted by molar-refractivity contribution is -0.124. The molecule has 1 aromatic rings. The number of amides is 1. The van der Waals surface area contributed by atoms with Gasteiger partial charge in [-0.05, 0) is 31.9 Å². The standard InChI is InChI=1S/C16H22N2O4/c1-11-6-7-12(15(17)19)10-18(11)8-9-22-14-5-3-2-4-13(14)16(20)21/h2-5,11-12H,6-10H2,1H3,(H2,17,19)(H,20,21)/t11-,12-/m1/s1. The summed E-state index contributed by atoms with van der Waals surface area (Å²) in [5, 5.41) is 9.11. The van der Waals surface area contributed by atoms with E-state index in [0.29, 0.717) is 31.5 Å². The Balaban J connectivity index is 1.90. The van der Waals surface area contributed by atoms with Crippen molar-refractivity contribution >= 4 is 11.9 Å². The zero-order valence-electron chi connectivity index (χ0n) is 12.7. The molecule has 22 heavy (non-hydrogen) atoms. The quantitative estimate of drug-likeness (QED) is 0.827. The van der Waals surface area contributed by atoms with Gasteiger partial charge in [-0.3, -0.25) is 9.69 Å². The number of hydrogen-bond acceptors (Lipinski definition) is 4. The van der Waals surface area contributed by atoms with Gasteiger partial charge in [-0.1, -0.05) is 12.1 Å². The maximum Gasteiger partial charge on any atom is 0.339 e. The summed E-state index contributed by atoms with van der Waals surface area (Å²) in [5.41, 5.74) is 5.54. The van der Waals surface area contributed by atoms with Gasteiger partial charge in [0.25, 0.3) is 0 Å². The first-order valence-electron chi connectivity index (χ1n) is 7.47. The van der Waals surface area contributed by atoms with Gasteiger partial charge in [0.05, 0.1) is 5.92 Å². The van der Waals surface area contributed by atoms with Crippen LogP contribution >= 0.6 is 0 Å². The predicted octanol–water partition coefficient (Wildman–Crippen LogP) is 1.35. The van der Waals surface area contributed by atoms with Gasteiger partial charge in [-0.2, -0.15) is 0 Å². The summed E-state index contributed by atoms with van der Waals surface area (Å²) >= 11 is 0. The van der Waals surface area contributed by atoms with E-state index in [4.69, 9.17) is 15.6 Å². The Bertz CT molecular complexity index is 547. The molecule has 0 saturated carbocycles. The first-order chi connectivity index (χ1) is 10.5. The molecule has 0 spiro atoms. The smallest absolute Gasteiger partial charge is 0.339 e. The average Bonchev–Trinajstić information content (AvgIpc) is 2.49. The summed E-state index contributed by atoms with van der Waals surface area (Å²) in [6.07, 6.45) is 1.76. The van der Waals surface area contributed by atoms with Gasteiger partial charge in [-0.25, -0.2) is 4.79 Å². The Kier molecular flexibility index (Phi) is 5.38. The third-order valence-electron chi connectivity index (χ3n) is 4.17. The van der Waals surface area contributed by atoms with Crippen LogP contribution in [0.25, 0.3) is 0 Å². The Morgan fingerprint density at radius 1 is 1.36 bits per heavy atom. The molecule has 0 aliphatic carbocycles. The van der Waals surface area contributed by atoms with Crippen molar-refractivity contribution in [2.45, 2.75) is 25.8 Å². The number of piperidine rings is 1. The second-order valence-electron chi connectivity index (χ2n) is 5.67. The summed E-state index contributed by atoms with van der Waals surface area (Å²) in [4.78, 5) is 24.6. The van der Waals surface area contributed by atoms with Crippen LogP contribution in [-0.2, 0) is 4.79 Å². The van der Waals surface area contributed by atoms with Crippen LogP contribution in [0.15, 0.2) is 24.3 Å². The number of carbonyl (C=O) groups excluding carboxylic acids is 1. The number of nitrogens with zero attached hydrogens (tertiary/aromatic N) is 1. The molecule has 1 aromatic carbocycles. The highest BCUT2D eigenvalue weighted by Crippen LogP contribution is 2.22. The van der Waals surface area contributed by atoms with Crippen LogP contribution in [0.3, 0.4) is 0 Å². The van der Waals surface area contributed by atoms with E-state index in [-0.39, 0.29) is 17.4 Å². The number of benzene rings is 1. The van der Waals surface area contributed by atoms with E-state index < -0.39 is 5.97 Å². The number of ether oxygens (including phenoxy) is 1. The summed E-state index contributed by atoms with van der Waals surface area (Å²) in [6.45, 7) is 3.77. The first-order valence-corrected chi connectivity index (χ1v) is 7.47. The van der Waals surface area contributed by atoms with Crippen LogP contribution in [-0.4, -0.2) is 47.6 Å². The fraction of sp³-hybridized carbons (Fsp3) is 0.500. The SMILES string of the molecule is C[C@@H]1CC[C@@H](C(N)=O)CN1CCOc1ccccc1C(=O)O. The van der Waals surface area contributed by atoms with Gasteiger partial charge in [0.15, 0.2) is 0 Å². The minimum Gasteiger partial charge on any atom is -0.491 e. The van der Waals surface area contributed by atoms with Gasteiger partial charge >= 0.3 is 5.97 Å². The number of aromatic carboxylic acids is 1. The summed E-state index contributed by atoms with van der Waals surface area (Å²) in [7, 11) is 0. The van der Waals surface area contributed by atoms with Crippen LogP contribution in [0, 0.1) is 5.92 Å². The number of carboxylic acid groups (broad SMARTS) is 1. The molecule has 6 heteroatoms. The first kappa shape index (κ1) is 16.3. The monoisotopic (exact) mass is 306 g/mol. The number of likely N-dealkylation sites (tertiary alicyclic amines) is 1. The summed E-state index contributed by atoms with van der Waals surface area (Å²) < 4.78 is 5.61. The van der Waals surface area contributed by atoms with E-state index in [1.165, 1.54) is 6.07 Å². The van der Waals surface area contributed by atoms with Crippen LogP contribution in [0.2, 0.25) is 0 Å². The van der Waals surface area contributed by atoms with Crippen LogP contribution in [0.4, 0.5) is 0 Å². The van der Waals surface area contributed by atoms with E-state index >= 15 is 0 Å². The molecule has 120 valence electrons. The molecule has 2 atom stereocenters. The molecule has 0 bridgehead atoms. The maximum absolute atomic E-state index is 11.3. The van der Waals surface area contributed by atoms with Gasteiger partial charge in [0.2, 0.25) is 5.91 Å². The van der Waals surface area contributed by atoms with E-state index in [9.17, 15) is 9.59 Å². The fourth-order valence-corrected chi connectivity index (χ4v) is 2.77. The maximum atomic E-state index is 11.3. The van der Waals surface area contributed by atoms with Crippen LogP contribution in [0.1, 0.15) is 30.1 Å². The number of primary amides is 1. The van der Waals surface area contributed by atoms with Crippen molar-refractivity contribution in [3.05, 3.63) is 29.8 Å². The average molecular weight is 306 g/mol. The van der Waals surface area contributed by atoms with E-state index in [1.807, 2.05) is 0 Å². The van der Waals surface area contributed by atoms with Crippen LogP contribution < -0.4 is 10.5 Å². The Morgan fingerprint density at radius 3 is 2.77 bits per heavy atom. The predicted molar refractivity (Wildman–Crippen MR) is 81.8 cm³/mol. The molecule has 0 aromatic heterocycles. The molecule has 0 radical (unpaired) electrons. The molecule has 1 heterocycles. The molecule has 1 fully saturated rings. The molecule has 1 aliphatic rings. The van der Waals surface area contributed by atoms with Gasteiger partial charge < -0.3 is 15.6 Å². The topological polar surface area (TPSA) is 92.9 Å². The van der Waals surface area contributed by atoms with Crippen molar-refractivity contribution in [3.8, 4) is 5.75 Å². The lowest BCUT2D eigenvalue weighted by Gasteiger charge is -2.36. The summed E-state index contributed by atoms with van der Waals surface area (Å²) in [6, 6.07) is 6.95. The third-order valence-corrected chi connectivity index (χ3v) is 4.17. The van der Waals surface area contributed by atoms with Crippen LogP contribution in [0.5, 0.6) is 5.75 Å². The number of hydrogen-bond donors (Lipinski definition) is 2. The fourth-order valence-electron chi connectivity index (χ4n) is 2.77. The molecular weight excluding hydrogens is 284 g/mol. The zero-order chi connectivity index (χ0) is 16.1. The largest absolute Gasteiger partial charge is 0.491 e. The number of rotatable bonds is 6. The molecule has 2 rings (SSSR count). The molecule has 1 saturated heterocycles. The van der Waals surface area contributed by atoms with E-state index in [2.05, 4.69) is 11.8 Å². The normalized spacial score (nSPS) is 22.2. The molecule has 6 nitrogen and oxygen atoms in total. The Morgan fingerprint density at radius 2 is 2.09 bits per heavy atom. The van der Waals surface area contributed by atoms with Crippen molar-refractivity contribution in [1.29, 1.82) is 0 Å². The Hall–Kier alpha value is -2.08. The number of para-hydroxylation sites is 1. The van der Waals surface area contributed by atoms with Gasteiger partial charge in [0, 0.05) is 19.1 Å². The number of carboxylic acids is 1. The second kappa shape index (κ2) is 7.26. The highest BCUT2D eigenvalue weighted by atomic mass is 16.5. The van der Waals surface area contributed by atoms with Crippen molar-refractivity contribution in [1.82, 2.24) is 4.90 Å².